The lowest BCUT2D eigenvalue weighted by molar-refractivity contribution is 0.443. The van der Waals surface area contributed by atoms with Crippen LogP contribution in [0.5, 0.6) is 11.5 Å². The fourth-order valence-corrected chi connectivity index (χ4v) is 4.07. The van der Waals surface area contributed by atoms with Gasteiger partial charge in [0.1, 0.15) is 23.6 Å². The molecular formula is C34H44N4O2. The molecule has 0 saturated heterocycles. The molecular weight excluding hydrogens is 496 g/mol. The summed E-state index contributed by atoms with van der Waals surface area (Å²) in [5.74, 6) is 0.171. The van der Waals surface area contributed by atoms with E-state index in [9.17, 15) is 20.7 Å². The Kier molecular flexibility index (Phi) is 9.13. The fraction of sp³-hybridized carbons (Fsp3) is 0.471. The van der Waals surface area contributed by atoms with Gasteiger partial charge >= 0.3 is 0 Å². The first-order valence-corrected chi connectivity index (χ1v) is 13.5. The maximum Gasteiger partial charge on any atom is 0.176 e. The highest BCUT2D eigenvalue weighted by Gasteiger charge is 2.26. The van der Waals surface area contributed by atoms with Gasteiger partial charge in [-0.1, -0.05) is 95.2 Å². The monoisotopic (exact) mass is 540 g/mol. The summed E-state index contributed by atoms with van der Waals surface area (Å²) in [4.78, 5) is 8.55. The Labute approximate surface area is 240 Å². The molecule has 0 bridgehead atoms. The van der Waals surface area contributed by atoms with Crippen molar-refractivity contribution in [1.82, 2.24) is 0 Å². The van der Waals surface area contributed by atoms with E-state index in [4.69, 9.17) is 0 Å². The summed E-state index contributed by atoms with van der Waals surface area (Å²) in [7, 11) is 0. The zero-order chi connectivity index (χ0) is 30.8. The maximum absolute atomic E-state index is 11.0. The van der Waals surface area contributed by atoms with Crippen LogP contribution >= 0.6 is 0 Å². The van der Waals surface area contributed by atoms with Crippen molar-refractivity contribution in [1.29, 1.82) is 10.5 Å². The smallest absolute Gasteiger partial charge is 0.176 e. The fourth-order valence-electron chi connectivity index (χ4n) is 4.07. The molecule has 0 fully saturated rings. The molecule has 0 spiro atoms. The Bertz CT molecular complexity index is 1340. The molecule has 0 saturated carbocycles. The standard InChI is InChI=1S/C34H44N4O2/c1-31(2,3)23-13-21(29(39)25(15-23)33(7,8)9)19-37-27(17-35)28(18-36)38-20-22-14-24(32(4,5)6)16-26(30(22)40)34(10,11)12/h13-16,19-20,39-40H,1-12H3/b28-27+,37-19?,38-20?. The summed E-state index contributed by atoms with van der Waals surface area (Å²) in [6.07, 6.45) is 2.81. The van der Waals surface area contributed by atoms with Crippen LogP contribution in [-0.2, 0) is 21.7 Å². The lowest BCUT2D eigenvalue weighted by atomic mass is 9.79. The summed E-state index contributed by atoms with van der Waals surface area (Å²) in [5.41, 5.74) is 3.09. The minimum atomic E-state index is -0.320. The van der Waals surface area contributed by atoms with E-state index in [0.717, 1.165) is 22.3 Å². The van der Waals surface area contributed by atoms with Crippen LogP contribution in [0.4, 0.5) is 0 Å². The second-order valence-electron chi connectivity index (χ2n) is 14.4. The number of nitrogens with zero attached hydrogens (tertiary/aromatic N) is 4. The van der Waals surface area contributed by atoms with E-state index in [-0.39, 0.29) is 44.6 Å². The molecule has 212 valence electrons. The number of hydrogen-bond acceptors (Lipinski definition) is 6. The molecule has 2 aromatic rings. The van der Waals surface area contributed by atoms with Crippen LogP contribution in [0.15, 0.2) is 45.6 Å². The maximum atomic E-state index is 11.0. The molecule has 40 heavy (non-hydrogen) atoms. The summed E-state index contributed by atoms with van der Waals surface area (Å²) < 4.78 is 0. The highest BCUT2D eigenvalue weighted by Crippen LogP contribution is 2.38. The van der Waals surface area contributed by atoms with Gasteiger partial charge in [0.15, 0.2) is 11.4 Å². The number of phenols is 2. The van der Waals surface area contributed by atoms with Crippen molar-refractivity contribution in [2.45, 2.75) is 105 Å². The molecule has 2 rings (SSSR count). The molecule has 0 radical (unpaired) electrons. The summed E-state index contributed by atoms with van der Waals surface area (Å²) >= 11 is 0. The lowest BCUT2D eigenvalue weighted by Gasteiger charge is -2.27. The highest BCUT2D eigenvalue weighted by molar-refractivity contribution is 5.87. The summed E-state index contributed by atoms with van der Waals surface area (Å²) in [6, 6.07) is 11.6. The van der Waals surface area contributed by atoms with E-state index in [1.807, 2.05) is 77.9 Å². The number of phenolic OH excluding ortho intramolecular Hbond substituents is 2. The van der Waals surface area contributed by atoms with E-state index in [1.54, 1.807) is 0 Å². The van der Waals surface area contributed by atoms with E-state index >= 15 is 0 Å². The first kappa shape index (κ1) is 32.3. The first-order valence-electron chi connectivity index (χ1n) is 13.5. The van der Waals surface area contributed by atoms with Crippen LogP contribution in [0.1, 0.15) is 116 Å². The van der Waals surface area contributed by atoms with Crippen LogP contribution in [0, 0.1) is 22.7 Å². The third-order valence-corrected chi connectivity index (χ3v) is 6.73. The van der Waals surface area contributed by atoms with Crippen LogP contribution < -0.4 is 0 Å². The number of nitriles is 2. The van der Waals surface area contributed by atoms with Gasteiger partial charge < -0.3 is 10.2 Å². The van der Waals surface area contributed by atoms with Gasteiger partial charge in [-0.15, -0.1) is 0 Å². The molecule has 0 aliphatic rings. The van der Waals surface area contributed by atoms with Gasteiger partial charge in [-0.3, -0.25) is 0 Å². The van der Waals surface area contributed by atoms with Gasteiger partial charge in [-0.05, 0) is 44.9 Å². The minimum Gasteiger partial charge on any atom is -0.507 e. The van der Waals surface area contributed by atoms with Gasteiger partial charge in [0.25, 0.3) is 0 Å². The number of benzene rings is 2. The highest BCUT2D eigenvalue weighted by atomic mass is 16.3. The molecule has 0 amide bonds. The summed E-state index contributed by atoms with van der Waals surface area (Å²) in [5, 5.41) is 41.8. The van der Waals surface area contributed by atoms with Crippen LogP contribution in [0.25, 0.3) is 0 Å². The summed E-state index contributed by atoms with van der Waals surface area (Å²) in [6.45, 7) is 24.7. The quantitative estimate of drug-likeness (QED) is 0.301. The van der Waals surface area contributed by atoms with E-state index in [1.165, 1.54) is 12.4 Å². The number of allylic oxidation sites excluding steroid dienone is 2. The van der Waals surface area contributed by atoms with Crippen molar-refractivity contribution >= 4 is 12.4 Å². The lowest BCUT2D eigenvalue weighted by Crippen LogP contribution is -2.17. The zero-order valence-electron chi connectivity index (χ0n) is 26.1. The normalized spacial score (nSPS) is 13.8. The van der Waals surface area contributed by atoms with Crippen molar-refractivity contribution in [3.8, 4) is 23.6 Å². The van der Waals surface area contributed by atoms with Gasteiger partial charge in [0.2, 0.25) is 0 Å². The molecule has 0 unspecified atom stereocenters. The second kappa shape index (κ2) is 11.3. The molecule has 0 aliphatic carbocycles. The predicted molar refractivity (Wildman–Crippen MR) is 164 cm³/mol. The van der Waals surface area contributed by atoms with Crippen molar-refractivity contribution in [3.05, 3.63) is 69.0 Å². The first-order chi connectivity index (χ1) is 18.1. The molecule has 6 nitrogen and oxygen atoms in total. The Morgan fingerprint density at radius 2 is 0.875 bits per heavy atom. The number of hydrogen-bond donors (Lipinski definition) is 2. The average molecular weight is 541 g/mol. The number of aromatic hydroxyl groups is 2. The Balaban J connectivity index is 2.69. The molecule has 2 aromatic carbocycles. The number of rotatable bonds is 4. The van der Waals surface area contributed by atoms with Crippen molar-refractivity contribution in [2.24, 2.45) is 9.98 Å². The number of aliphatic imine (C=N–C) groups is 2. The Morgan fingerprint density at radius 3 is 1.10 bits per heavy atom. The Morgan fingerprint density at radius 1 is 0.575 bits per heavy atom. The molecule has 0 heterocycles. The molecule has 0 aliphatic heterocycles. The van der Waals surface area contributed by atoms with E-state index in [2.05, 4.69) is 51.5 Å². The third kappa shape index (κ3) is 7.60. The van der Waals surface area contributed by atoms with Crippen molar-refractivity contribution in [3.63, 3.8) is 0 Å². The molecule has 6 heteroatoms. The third-order valence-electron chi connectivity index (χ3n) is 6.73. The van der Waals surface area contributed by atoms with Gasteiger partial charge in [0, 0.05) is 34.7 Å². The Hall–Kier alpha value is -3.90. The van der Waals surface area contributed by atoms with Crippen LogP contribution in [0.3, 0.4) is 0 Å². The van der Waals surface area contributed by atoms with E-state index in [0.29, 0.717) is 11.1 Å². The predicted octanol–water partition coefficient (Wildman–Crippen LogP) is 8.08. The molecule has 0 aromatic heterocycles. The molecule has 2 N–H and O–H groups in total. The second-order valence-corrected chi connectivity index (χ2v) is 14.4. The van der Waals surface area contributed by atoms with Gasteiger partial charge in [-0.2, -0.15) is 10.5 Å². The topological polar surface area (TPSA) is 113 Å². The van der Waals surface area contributed by atoms with Gasteiger partial charge in [0.05, 0.1) is 0 Å². The van der Waals surface area contributed by atoms with Gasteiger partial charge in [-0.25, -0.2) is 9.98 Å². The molecule has 0 atom stereocenters. The zero-order valence-corrected chi connectivity index (χ0v) is 26.1. The average Bonchev–Trinajstić information content (AvgIpc) is 2.79. The SMILES string of the molecule is CC(C)(C)c1cc(C=N/C(C#N)=C(\C#N)N=Cc2cc(C(C)(C)C)cc(C(C)(C)C)c2O)c(O)c(C(C)(C)C)c1. The van der Waals surface area contributed by atoms with Crippen LogP contribution in [-0.4, -0.2) is 22.6 Å². The van der Waals surface area contributed by atoms with E-state index < -0.39 is 0 Å². The van der Waals surface area contributed by atoms with Crippen LogP contribution in [0.2, 0.25) is 0 Å². The van der Waals surface area contributed by atoms with Crippen molar-refractivity contribution < 1.29 is 10.2 Å². The van der Waals surface area contributed by atoms with Crippen molar-refractivity contribution in [2.75, 3.05) is 0 Å². The minimum absolute atomic E-state index is 0.0853. The largest absolute Gasteiger partial charge is 0.507 e.